The van der Waals surface area contributed by atoms with E-state index in [4.69, 9.17) is 11.6 Å². The van der Waals surface area contributed by atoms with Crippen molar-refractivity contribution < 1.29 is 14.4 Å². The van der Waals surface area contributed by atoms with Gasteiger partial charge in [-0.15, -0.1) is 0 Å². The summed E-state index contributed by atoms with van der Waals surface area (Å²) >= 11 is 8.66. The van der Waals surface area contributed by atoms with Gasteiger partial charge in [0.1, 0.15) is 0 Å². The number of aromatic nitrogens is 1. The maximum Gasteiger partial charge on any atom is 0.305 e. The fourth-order valence-corrected chi connectivity index (χ4v) is 8.24. The van der Waals surface area contributed by atoms with Gasteiger partial charge in [0.25, 0.3) is 0 Å². The zero-order valence-electron chi connectivity index (χ0n) is 16.7. The average molecular weight is 488 g/mol. The number of thiazole rings is 1. The van der Waals surface area contributed by atoms with Crippen LogP contribution in [0.3, 0.4) is 0 Å². The van der Waals surface area contributed by atoms with Gasteiger partial charge in [0, 0.05) is 28.9 Å². The van der Waals surface area contributed by atoms with Gasteiger partial charge in [0.05, 0.1) is 21.7 Å². The number of rotatable bonds is 4. The van der Waals surface area contributed by atoms with E-state index in [1.165, 1.54) is 21.8 Å². The summed E-state index contributed by atoms with van der Waals surface area (Å²) in [6.45, 7) is 0.0844. The molecule has 4 aliphatic rings. The molecule has 0 radical (unpaired) electrons. The van der Waals surface area contributed by atoms with Gasteiger partial charge in [0.15, 0.2) is 0 Å². The van der Waals surface area contributed by atoms with Crippen LogP contribution in [0.25, 0.3) is 6.08 Å². The molecule has 2 aromatic rings. The third-order valence-electron chi connectivity index (χ3n) is 6.93. The quantitative estimate of drug-likeness (QED) is 0.645. The number of carbonyl (C=O) groups is 3. The normalized spacial score (nSPS) is 29.6. The Balaban J connectivity index is 1.17. The summed E-state index contributed by atoms with van der Waals surface area (Å²) in [5, 5.41) is 4.34. The summed E-state index contributed by atoms with van der Waals surface area (Å²) in [7, 11) is 0. The van der Waals surface area contributed by atoms with E-state index < -0.39 is 0 Å². The maximum absolute atomic E-state index is 13.2. The van der Waals surface area contributed by atoms with E-state index in [1.54, 1.807) is 36.0 Å². The van der Waals surface area contributed by atoms with E-state index in [1.807, 2.05) is 0 Å². The molecule has 10 heteroatoms. The topological polar surface area (TPSA) is 99.3 Å². The first-order valence-electron chi connectivity index (χ1n) is 10.4. The third kappa shape index (κ3) is 3.02. The van der Waals surface area contributed by atoms with E-state index in [9.17, 15) is 19.2 Å². The zero-order chi connectivity index (χ0) is 22.1. The molecule has 2 saturated carbocycles. The maximum atomic E-state index is 13.2. The minimum Gasteiger partial charge on any atom is -0.326 e. The number of carbonyl (C=O) groups excluding carboxylic acids is 3. The van der Waals surface area contributed by atoms with Crippen molar-refractivity contribution in [3.05, 3.63) is 49.4 Å². The van der Waals surface area contributed by atoms with Crippen LogP contribution in [0.15, 0.2) is 39.7 Å². The van der Waals surface area contributed by atoms with Gasteiger partial charge in [-0.3, -0.25) is 24.1 Å². The predicted molar refractivity (Wildman–Crippen MR) is 123 cm³/mol. The highest BCUT2D eigenvalue weighted by Gasteiger charge is 2.66. The first-order chi connectivity index (χ1) is 15.4. The van der Waals surface area contributed by atoms with E-state index in [0.29, 0.717) is 10.7 Å². The van der Waals surface area contributed by atoms with Crippen molar-refractivity contribution in [2.45, 2.75) is 23.1 Å². The van der Waals surface area contributed by atoms with Crippen LogP contribution >= 0.6 is 34.7 Å². The number of imide groups is 1. The Hall–Kier alpha value is -2.36. The Labute approximate surface area is 196 Å². The minimum atomic E-state index is -0.341. The largest absolute Gasteiger partial charge is 0.326 e. The number of hydrogen-bond donors (Lipinski definition) is 2. The lowest BCUT2D eigenvalue weighted by molar-refractivity contribution is -0.140. The first kappa shape index (κ1) is 20.3. The Morgan fingerprint density at radius 3 is 2.69 bits per heavy atom. The molecular weight excluding hydrogens is 470 g/mol. The Morgan fingerprint density at radius 1 is 1.16 bits per heavy atom. The standard InChI is InChI=1S/C22H18ClN3O4S2/c23-9-1-3-10(4-2-9)24-15(27)5-6-26-20(28)16-11-7-13(17(16)21(26)29)18-12(11)8-14-19(32-18)25-22(30)31-14/h1-4,8,11,13,16-18H,5-7H2,(H,24,27)(H,25,30). The van der Waals surface area contributed by atoms with Gasteiger partial charge < -0.3 is 10.3 Å². The number of likely N-dealkylation sites (tertiary alicyclic amines) is 1. The van der Waals surface area contributed by atoms with E-state index in [2.05, 4.69) is 16.4 Å². The molecule has 3 heterocycles. The van der Waals surface area contributed by atoms with Crippen molar-refractivity contribution in [1.82, 2.24) is 9.88 Å². The van der Waals surface area contributed by atoms with Gasteiger partial charge in [-0.2, -0.15) is 0 Å². The van der Waals surface area contributed by atoms with Crippen molar-refractivity contribution in [2.24, 2.45) is 23.7 Å². The number of amides is 3. The number of benzene rings is 1. The lowest BCUT2D eigenvalue weighted by Gasteiger charge is -2.32. The molecule has 1 aromatic heterocycles. The number of fused-ring (bicyclic) bond motifs is 9. The van der Waals surface area contributed by atoms with Crippen molar-refractivity contribution in [2.75, 3.05) is 11.9 Å². The summed E-state index contributed by atoms with van der Waals surface area (Å²) in [6.07, 6.45) is 2.94. The summed E-state index contributed by atoms with van der Waals surface area (Å²) in [4.78, 5) is 55.5. The smallest absolute Gasteiger partial charge is 0.305 e. The van der Waals surface area contributed by atoms with E-state index in [-0.39, 0.29) is 64.5 Å². The molecule has 2 N–H and O–H groups in total. The molecule has 5 atom stereocenters. The first-order valence-corrected chi connectivity index (χ1v) is 12.5. The molecule has 7 nitrogen and oxygen atoms in total. The number of thioether (sulfide) groups is 1. The molecular formula is C22H18ClN3O4S2. The van der Waals surface area contributed by atoms with Crippen LogP contribution in [-0.4, -0.2) is 39.4 Å². The number of aromatic amines is 1. The number of nitrogens with one attached hydrogen (secondary N) is 2. The second kappa shape index (κ2) is 7.33. The fraction of sp³-hybridized carbons (Fsp3) is 0.364. The van der Waals surface area contributed by atoms with Gasteiger partial charge in [-0.05, 0) is 48.6 Å². The van der Waals surface area contributed by atoms with Crippen LogP contribution in [0.5, 0.6) is 0 Å². The molecule has 1 aromatic carbocycles. The number of hydrogen-bond acceptors (Lipinski definition) is 6. The van der Waals surface area contributed by atoms with Crippen LogP contribution < -0.4 is 10.2 Å². The summed E-state index contributed by atoms with van der Waals surface area (Å²) in [6, 6.07) is 6.77. The molecule has 164 valence electrons. The molecule has 3 amide bonds. The van der Waals surface area contributed by atoms with Gasteiger partial charge in [-0.25, -0.2) is 0 Å². The summed E-state index contributed by atoms with van der Waals surface area (Å²) in [5.41, 5.74) is 1.81. The molecule has 1 saturated heterocycles. The lowest BCUT2D eigenvalue weighted by Crippen LogP contribution is -2.35. The molecule has 3 fully saturated rings. The van der Waals surface area contributed by atoms with Crippen LogP contribution in [0.2, 0.25) is 5.02 Å². The van der Waals surface area contributed by atoms with Gasteiger partial charge >= 0.3 is 4.87 Å². The Bertz CT molecular complexity index is 1250. The van der Waals surface area contributed by atoms with Crippen molar-refractivity contribution >= 4 is 64.2 Å². The van der Waals surface area contributed by atoms with Crippen molar-refractivity contribution in [3.8, 4) is 0 Å². The minimum absolute atomic E-state index is 0.0391. The number of anilines is 1. The molecule has 0 spiro atoms. The van der Waals surface area contributed by atoms with E-state index in [0.717, 1.165) is 16.3 Å². The van der Waals surface area contributed by atoms with Gasteiger partial charge in [-0.1, -0.05) is 40.3 Å². The molecule has 2 aliphatic heterocycles. The second-order valence-corrected chi connectivity index (χ2v) is 11.2. The number of nitrogens with zero attached hydrogens (tertiary/aromatic N) is 1. The van der Waals surface area contributed by atoms with Crippen LogP contribution in [-0.2, 0) is 14.4 Å². The fourth-order valence-electron chi connectivity index (χ4n) is 5.67. The van der Waals surface area contributed by atoms with Crippen LogP contribution in [0, 0.1) is 23.7 Å². The Morgan fingerprint density at radius 2 is 1.91 bits per heavy atom. The molecule has 2 aliphatic carbocycles. The number of H-pyrrole nitrogens is 1. The van der Waals surface area contributed by atoms with Crippen LogP contribution in [0.4, 0.5) is 5.69 Å². The zero-order valence-corrected chi connectivity index (χ0v) is 19.1. The molecule has 5 unspecified atom stereocenters. The lowest BCUT2D eigenvalue weighted by atomic mass is 9.77. The summed E-state index contributed by atoms with van der Waals surface area (Å²) < 4.78 is 0. The predicted octanol–water partition coefficient (Wildman–Crippen LogP) is 3.23. The van der Waals surface area contributed by atoms with Crippen LogP contribution in [0.1, 0.15) is 17.7 Å². The van der Waals surface area contributed by atoms with E-state index >= 15 is 0 Å². The average Bonchev–Trinajstić information content (AvgIpc) is 3.47. The molecule has 6 rings (SSSR count). The summed E-state index contributed by atoms with van der Waals surface area (Å²) in [5.74, 6) is -1.12. The molecule has 2 bridgehead atoms. The Kier molecular flexibility index (Phi) is 4.64. The SMILES string of the molecule is O=C(CCN1C(=O)C2C3CC(C4Sc5[nH]c(=O)sc5C=C34)C2C1=O)Nc1ccc(Cl)cc1. The third-order valence-corrected chi connectivity index (χ3v) is 9.57. The van der Waals surface area contributed by atoms with Crippen molar-refractivity contribution in [1.29, 1.82) is 0 Å². The monoisotopic (exact) mass is 487 g/mol. The number of halogens is 1. The van der Waals surface area contributed by atoms with Gasteiger partial charge in [0.2, 0.25) is 17.7 Å². The van der Waals surface area contributed by atoms with Crippen molar-refractivity contribution in [3.63, 3.8) is 0 Å². The highest BCUT2D eigenvalue weighted by Crippen LogP contribution is 2.64. The second-order valence-electron chi connectivity index (χ2n) is 8.58. The highest BCUT2D eigenvalue weighted by molar-refractivity contribution is 8.00. The highest BCUT2D eigenvalue weighted by atomic mass is 35.5. The molecule has 32 heavy (non-hydrogen) atoms.